The molecule has 3 aromatic rings. The number of nitro benzene ring substituents is 1. The second-order valence-electron chi connectivity index (χ2n) is 6.41. The molecule has 150 valence electrons. The quantitative estimate of drug-likeness (QED) is 0.398. The summed E-state index contributed by atoms with van der Waals surface area (Å²) in [7, 11) is 0. The summed E-state index contributed by atoms with van der Waals surface area (Å²) in [6, 6.07) is 6.94. The number of ether oxygens (including phenoxy) is 1. The molecule has 29 heavy (non-hydrogen) atoms. The van der Waals surface area contributed by atoms with Gasteiger partial charge in [-0.05, 0) is 50.1 Å². The van der Waals surface area contributed by atoms with E-state index >= 15 is 0 Å². The molecule has 1 heterocycles. The van der Waals surface area contributed by atoms with Gasteiger partial charge >= 0.3 is 5.97 Å². The van der Waals surface area contributed by atoms with Crippen LogP contribution in [-0.2, 0) is 11.3 Å². The van der Waals surface area contributed by atoms with Gasteiger partial charge in [-0.3, -0.25) is 19.5 Å². The van der Waals surface area contributed by atoms with E-state index in [0.29, 0.717) is 27.9 Å². The number of rotatable bonds is 5. The normalized spacial score (nSPS) is 10.9. The smallest absolute Gasteiger partial charge is 0.338 e. The summed E-state index contributed by atoms with van der Waals surface area (Å²) >= 11 is 0. The van der Waals surface area contributed by atoms with Crippen molar-refractivity contribution < 1.29 is 19.6 Å². The average molecular weight is 397 g/mol. The van der Waals surface area contributed by atoms with Crippen molar-refractivity contribution in [3.8, 4) is 5.69 Å². The Hall–Kier alpha value is -3.59. The van der Waals surface area contributed by atoms with Crippen molar-refractivity contribution in [1.82, 2.24) is 9.55 Å². The fourth-order valence-corrected chi connectivity index (χ4v) is 3.35. The lowest BCUT2D eigenvalue weighted by Crippen LogP contribution is -2.25. The Morgan fingerprint density at radius 3 is 2.48 bits per heavy atom. The first kappa shape index (κ1) is 20.2. The molecule has 1 N–H and O–H groups in total. The monoisotopic (exact) mass is 397 g/mol. The molecule has 0 amide bonds. The number of nitro groups is 1. The van der Waals surface area contributed by atoms with Gasteiger partial charge in [0.15, 0.2) is 0 Å². The van der Waals surface area contributed by atoms with Crippen LogP contribution in [0.1, 0.15) is 34.2 Å². The fourth-order valence-electron chi connectivity index (χ4n) is 3.35. The van der Waals surface area contributed by atoms with Gasteiger partial charge in [-0.25, -0.2) is 9.78 Å². The molecule has 0 aliphatic carbocycles. The summed E-state index contributed by atoms with van der Waals surface area (Å²) in [5, 5.41) is 20.9. The number of hydrogen-bond donors (Lipinski definition) is 1. The van der Waals surface area contributed by atoms with Gasteiger partial charge < -0.3 is 9.84 Å². The largest absolute Gasteiger partial charge is 0.462 e. The lowest BCUT2D eigenvalue weighted by Gasteiger charge is -2.16. The summed E-state index contributed by atoms with van der Waals surface area (Å²) in [6.45, 7) is 4.74. The number of non-ortho nitro benzene ring substituents is 1. The molecule has 0 saturated carbocycles. The molecule has 0 fully saturated rings. The van der Waals surface area contributed by atoms with E-state index in [1.54, 1.807) is 26.8 Å². The van der Waals surface area contributed by atoms with Crippen LogP contribution in [-0.4, -0.2) is 32.2 Å². The number of benzene rings is 2. The number of hydrogen-bond acceptors (Lipinski definition) is 7. The summed E-state index contributed by atoms with van der Waals surface area (Å²) in [5.41, 5.74) is 1.38. The van der Waals surface area contributed by atoms with Gasteiger partial charge in [-0.15, -0.1) is 0 Å². The first-order valence-electron chi connectivity index (χ1n) is 8.88. The highest BCUT2D eigenvalue weighted by molar-refractivity contribution is 5.99. The van der Waals surface area contributed by atoms with E-state index < -0.39 is 23.1 Å². The Labute approximate surface area is 165 Å². The van der Waals surface area contributed by atoms with Crippen LogP contribution < -0.4 is 5.56 Å². The topological polar surface area (TPSA) is 125 Å². The number of nitrogens with zero attached hydrogens (tertiary/aromatic N) is 3. The number of aryl methyl sites for hydroxylation is 2. The minimum atomic E-state index is -0.545. The molecule has 0 saturated heterocycles. The van der Waals surface area contributed by atoms with Crippen molar-refractivity contribution in [2.45, 2.75) is 27.4 Å². The molecule has 0 radical (unpaired) electrons. The maximum absolute atomic E-state index is 13.3. The van der Waals surface area contributed by atoms with E-state index in [0.717, 1.165) is 0 Å². The van der Waals surface area contributed by atoms with Crippen molar-refractivity contribution in [3.05, 3.63) is 73.3 Å². The third kappa shape index (κ3) is 3.47. The first-order valence-corrected chi connectivity index (χ1v) is 8.88. The molecule has 0 aliphatic heterocycles. The summed E-state index contributed by atoms with van der Waals surface area (Å²) < 4.78 is 6.29. The standard InChI is InChI=1S/C20H19N3O6/c1-4-29-20(26)17-11(2)9-15-18(12(17)3)19(25)22(16(10-24)21-15)13-5-7-14(8-6-13)23(27)28/h5-9,24H,4,10H2,1-3H3. The van der Waals surface area contributed by atoms with Gasteiger partial charge in [0, 0.05) is 12.1 Å². The van der Waals surface area contributed by atoms with Gasteiger partial charge in [0.25, 0.3) is 11.2 Å². The molecular formula is C20H19N3O6. The van der Waals surface area contributed by atoms with E-state index in [1.165, 1.54) is 28.8 Å². The summed E-state index contributed by atoms with van der Waals surface area (Å²) in [5.74, 6) is -0.448. The zero-order chi connectivity index (χ0) is 21.3. The molecule has 0 atom stereocenters. The maximum Gasteiger partial charge on any atom is 0.338 e. The minimum Gasteiger partial charge on any atom is -0.462 e. The first-order chi connectivity index (χ1) is 13.8. The van der Waals surface area contributed by atoms with E-state index in [2.05, 4.69) is 4.98 Å². The van der Waals surface area contributed by atoms with Gasteiger partial charge in [0.1, 0.15) is 12.4 Å². The van der Waals surface area contributed by atoms with Gasteiger partial charge in [-0.1, -0.05) is 0 Å². The molecular weight excluding hydrogens is 378 g/mol. The summed E-state index contributed by atoms with van der Waals surface area (Å²) in [6.07, 6.45) is 0. The zero-order valence-corrected chi connectivity index (χ0v) is 16.1. The molecule has 3 rings (SSSR count). The van der Waals surface area contributed by atoms with Crippen LogP contribution in [0.4, 0.5) is 5.69 Å². The third-order valence-electron chi connectivity index (χ3n) is 4.62. The molecule has 0 spiro atoms. The van der Waals surface area contributed by atoms with Crippen LogP contribution >= 0.6 is 0 Å². The zero-order valence-electron chi connectivity index (χ0n) is 16.1. The van der Waals surface area contributed by atoms with Crippen molar-refractivity contribution in [2.75, 3.05) is 6.61 Å². The Bertz CT molecular complexity index is 1180. The molecule has 9 nitrogen and oxygen atoms in total. The third-order valence-corrected chi connectivity index (χ3v) is 4.62. The number of aliphatic hydroxyl groups is 1. The predicted molar refractivity (Wildman–Crippen MR) is 105 cm³/mol. The molecule has 0 aliphatic rings. The number of esters is 1. The van der Waals surface area contributed by atoms with Crippen molar-refractivity contribution >= 4 is 22.6 Å². The van der Waals surface area contributed by atoms with Crippen LogP contribution in [0, 0.1) is 24.0 Å². The van der Waals surface area contributed by atoms with Crippen LogP contribution in [0.5, 0.6) is 0 Å². The number of carbonyl (C=O) groups excluding carboxylic acids is 1. The predicted octanol–water partition coefficient (Wildman–Crippen LogP) is 2.58. The lowest BCUT2D eigenvalue weighted by atomic mass is 9.98. The van der Waals surface area contributed by atoms with Gasteiger partial charge in [0.2, 0.25) is 0 Å². The van der Waals surface area contributed by atoms with Crippen LogP contribution in [0.3, 0.4) is 0 Å². The second kappa shape index (κ2) is 7.80. The van der Waals surface area contributed by atoms with Gasteiger partial charge in [-0.2, -0.15) is 0 Å². The Morgan fingerprint density at radius 2 is 1.93 bits per heavy atom. The van der Waals surface area contributed by atoms with E-state index in [-0.39, 0.29) is 23.5 Å². The van der Waals surface area contributed by atoms with Crippen LogP contribution in [0.25, 0.3) is 16.6 Å². The lowest BCUT2D eigenvalue weighted by molar-refractivity contribution is -0.384. The van der Waals surface area contributed by atoms with Gasteiger partial charge in [0.05, 0.1) is 33.7 Å². The molecule has 1 aromatic heterocycles. The van der Waals surface area contributed by atoms with E-state index in [4.69, 9.17) is 4.74 Å². The highest BCUT2D eigenvalue weighted by Crippen LogP contribution is 2.24. The highest BCUT2D eigenvalue weighted by atomic mass is 16.6. The van der Waals surface area contributed by atoms with Crippen molar-refractivity contribution in [1.29, 1.82) is 0 Å². The van der Waals surface area contributed by atoms with Crippen molar-refractivity contribution in [3.63, 3.8) is 0 Å². The maximum atomic E-state index is 13.3. The van der Waals surface area contributed by atoms with Crippen LogP contribution in [0.2, 0.25) is 0 Å². The Kier molecular flexibility index (Phi) is 5.42. The summed E-state index contributed by atoms with van der Waals surface area (Å²) in [4.78, 5) is 40.4. The average Bonchev–Trinajstić information content (AvgIpc) is 2.67. The van der Waals surface area contributed by atoms with Crippen molar-refractivity contribution in [2.24, 2.45) is 0 Å². The fraction of sp³-hybridized carbons (Fsp3) is 0.250. The Balaban J connectivity index is 2.33. The molecule has 2 aromatic carbocycles. The Morgan fingerprint density at radius 1 is 1.28 bits per heavy atom. The number of aliphatic hydroxyl groups excluding tert-OH is 1. The van der Waals surface area contributed by atoms with Crippen LogP contribution in [0.15, 0.2) is 35.1 Å². The van der Waals surface area contributed by atoms with E-state index in [1.807, 2.05) is 0 Å². The second-order valence-corrected chi connectivity index (χ2v) is 6.41. The molecule has 0 unspecified atom stereocenters. The SMILES string of the molecule is CCOC(=O)c1c(C)cc2nc(CO)n(-c3ccc([N+](=O)[O-])cc3)c(=O)c2c1C. The number of carbonyl (C=O) groups is 1. The molecule has 9 heteroatoms. The number of aromatic nitrogens is 2. The van der Waals surface area contributed by atoms with E-state index in [9.17, 15) is 24.8 Å². The number of fused-ring (bicyclic) bond motifs is 1. The molecule has 0 bridgehead atoms. The minimum absolute atomic E-state index is 0.0824. The highest BCUT2D eigenvalue weighted by Gasteiger charge is 2.21.